The van der Waals surface area contributed by atoms with Gasteiger partial charge in [0.1, 0.15) is 0 Å². The molecule has 0 aliphatic carbocycles. The molecule has 0 bridgehead atoms. The molecule has 21 heavy (non-hydrogen) atoms. The van der Waals surface area contributed by atoms with E-state index in [1.54, 1.807) is 24.3 Å². The lowest BCUT2D eigenvalue weighted by Gasteiger charge is -2.34. The van der Waals surface area contributed by atoms with E-state index in [9.17, 15) is 9.59 Å². The van der Waals surface area contributed by atoms with Gasteiger partial charge >= 0.3 is 5.97 Å². The van der Waals surface area contributed by atoms with E-state index in [2.05, 4.69) is 10.6 Å². The summed E-state index contributed by atoms with van der Waals surface area (Å²) >= 11 is 0. The summed E-state index contributed by atoms with van der Waals surface area (Å²) in [7, 11) is 0. The van der Waals surface area contributed by atoms with E-state index in [0.29, 0.717) is 0 Å². The molecule has 0 unspecified atom stereocenters. The van der Waals surface area contributed by atoms with Crippen molar-refractivity contribution in [3.8, 4) is 0 Å². The number of carboxylic acid groups (broad SMARTS) is 1. The van der Waals surface area contributed by atoms with Crippen LogP contribution in [0.2, 0.25) is 0 Å². The molecule has 1 aromatic rings. The fourth-order valence-electron chi connectivity index (χ4n) is 2.60. The Morgan fingerprint density at radius 3 is 2.48 bits per heavy atom. The number of hydrogen-bond acceptors (Lipinski definition) is 3. The lowest BCUT2D eigenvalue weighted by atomic mass is 9.89. The average Bonchev–Trinajstić information content (AvgIpc) is 2.48. The van der Waals surface area contributed by atoms with Gasteiger partial charge in [0.15, 0.2) is 0 Å². The van der Waals surface area contributed by atoms with Crippen LogP contribution in [0.15, 0.2) is 24.3 Å². The zero-order valence-electron chi connectivity index (χ0n) is 12.5. The van der Waals surface area contributed by atoms with E-state index in [1.807, 2.05) is 13.8 Å². The van der Waals surface area contributed by atoms with Gasteiger partial charge in [-0.1, -0.05) is 12.1 Å². The number of piperidine rings is 1. The van der Waals surface area contributed by atoms with Crippen LogP contribution in [-0.2, 0) is 4.79 Å². The molecule has 5 heteroatoms. The Kier molecular flexibility index (Phi) is 4.63. The van der Waals surface area contributed by atoms with E-state index in [1.165, 1.54) is 0 Å². The predicted octanol–water partition coefficient (Wildman–Crippen LogP) is 2.09. The van der Waals surface area contributed by atoms with Crippen molar-refractivity contribution < 1.29 is 14.7 Å². The highest BCUT2D eigenvalue weighted by Crippen LogP contribution is 2.21. The summed E-state index contributed by atoms with van der Waals surface area (Å²) in [4.78, 5) is 23.2. The van der Waals surface area contributed by atoms with Gasteiger partial charge in [-0.3, -0.25) is 4.79 Å². The summed E-state index contributed by atoms with van der Waals surface area (Å²) < 4.78 is 0. The normalized spacial score (nSPS) is 23.3. The summed E-state index contributed by atoms with van der Waals surface area (Å²) in [6, 6.07) is 6.44. The second-order valence-corrected chi connectivity index (χ2v) is 5.84. The molecule has 2 rings (SSSR count). The fourth-order valence-corrected chi connectivity index (χ4v) is 2.60. The Morgan fingerprint density at radius 1 is 1.29 bits per heavy atom. The van der Waals surface area contributed by atoms with Crippen LogP contribution in [0.1, 0.15) is 55.1 Å². The third kappa shape index (κ3) is 3.61. The molecular weight excluding hydrogens is 268 g/mol. The molecule has 1 aliphatic heterocycles. The summed E-state index contributed by atoms with van der Waals surface area (Å²) in [6.45, 7) is 4.70. The Hall–Kier alpha value is -1.88. The minimum Gasteiger partial charge on any atom is -0.478 e. The Labute approximate surface area is 124 Å². The number of hydrogen-bond donors (Lipinski definition) is 3. The number of amides is 1. The van der Waals surface area contributed by atoms with Crippen molar-refractivity contribution in [3.05, 3.63) is 35.4 Å². The van der Waals surface area contributed by atoms with Gasteiger partial charge in [0, 0.05) is 0 Å². The van der Waals surface area contributed by atoms with E-state index >= 15 is 0 Å². The third-order valence-electron chi connectivity index (χ3n) is 4.13. The second kappa shape index (κ2) is 6.26. The molecular formula is C16H22N2O3. The molecule has 1 heterocycles. The van der Waals surface area contributed by atoms with Crippen LogP contribution in [0.3, 0.4) is 0 Å². The van der Waals surface area contributed by atoms with Gasteiger partial charge in [-0.2, -0.15) is 0 Å². The molecule has 0 saturated carbocycles. The van der Waals surface area contributed by atoms with Crippen molar-refractivity contribution in [1.29, 1.82) is 0 Å². The van der Waals surface area contributed by atoms with Crippen molar-refractivity contribution in [2.75, 3.05) is 6.54 Å². The fraction of sp³-hybridized carbons (Fsp3) is 0.500. The van der Waals surface area contributed by atoms with Gasteiger partial charge in [-0.25, -0.2) is 4.79 Å². The predicted molar refractivity (Wildman–Crippen MR) is 80.2 cm³/mol. The number of carboxylic acids is 1. The zero-order chi connectivity index (χ0) is 15.5. The van der Waals surface area contributed by atoms with Crippen LogP contribution >= 0.6 is 0 Å². The average molecular weight is 290 g/mol. The van der Waals surface area contributed by atoms with Crippen LogP contribution < -0.4 is 10.6 Å². The van der Waals surface area contributed by atoms with Gasteiger partial charge < -0.3 is 15.7 Å². The number of carbonyl (C=O) groups is 2. The largest absolute Gasteiger partial charge is 0.478 e. The molecule has 5 nitrogen and oxygen atoms in total. The molecule has 1 saturated heterocycles. The van der Waals surface area contributed by atoms with E-state index in [0.717, 1.165) is 31.4 Å². The Bertz CT molecular complexity index is 519. The zero-order valence-corrected chi connectivity index (χ0v) is 12.5. The van der Waals surface area contributed by atoms with Gasteiger partial charge in [0.2, 0.25) is 5.91 Å². The second-order valence-electron chi connectivity index (χ2n) is 5.84. The van der Waals surface area contributed by atoms with Crippen molar-refractivity contribution >= 4 is 11.9 Å². The van der Waals surface area contributed by atoms with E-state index in [-0.39, 0.29) is 17.5 Å². The monoisotopic (exact) mass is 290 g/mol. The molecule has 0 spiro atoms. The standard InChI is InChI=1S/C16H22N2O3/c1-11(12-5-7-13(8-6-12)14(19)20)18-15(21)16(2)9-3-4-10-17-16/h5-8,11,17H,3-4,9-10H2,1-2H3,(H,18,21)(H,19,20)/t11-,16+/m0/s1. The lowest BCUT2D eigenvalue weighted by molar-refractivity contribution is -0.128. The van der Waals surface area contributed by atoms with Crippen LogP contribution in [0, 0.1) is 0 Å². The lowest BCUT2D eigenvalue weighted by Crippen LogP contribution is -2.57. The molecule has 1 aliphatic rings. The maximum Gasteiger partial charge on any atom is 0.335 e. The van der Waals surface area contributed by atoms with Crippen LogP contribution in [-0.4, -0.2) is 29.1 Å². The third-order valence-corrected chi connectivity index (χ3v) is 4.13. The smallest absolute Gasteiger partial charge is 0.335 e. The molecule has 0 radical (unpaired) electrons. The molecule has 1 aromatic carbocycles. The minimum absolute atomic E-state index is 0.00277. The van der Waals surface area contributed by atoms with Gasteiger partial charge in [-0.15, -0.1) is 0 Å². The van der Waals surface area contributed by atoms with E-state index < -0.39 is 11.5 Å². The molecule has 1 amide bonds. The molecule has 2 atom stereocenters. The van der Waals surface area contributed by atoms with Gasteiger partial charge in [-0.05, 0) is 57.4 Å². The number of benzene rings is 1. The van der Waals surface area contributed by atoms with E-state index in [4.69, 9.17) is 5.11 Å². The minimum atomic E-state index is -0.947. The molecule has 0 aromatic heterocycles. The summed E-state index contributed by atoms with van der Waals surface area (Å²) in [6.07, 6.45) is 3.00. The summed E-state index contributed by atoms with van der Waals surface area (Å²) in [5.74, 6) is -0.950. The SMILES string of the molecule is C[C@H](NC(=O)[C@@]1(C)CCCCN1)c1ccc(C(=O)O)cc1. The van der Waals surface area contributed by atoms with Crippen molar-refractivity contribution in [2.45, 2.75) is 44.7 Å². The number of carbonyl (C=O) groups excluding carboxylic acids is 1. The number of nitrogens with one attached hydrogen (secondary N) is 2. The number of aromatic carboxylic acids is 1. The first-order valence-electron chi connectivity index (χ1n) is 7.32. The highest BCUT2D eigenvalue weighted by molar-refractivity contribution is 5.88. The first-order chi connectivity index (χ1) is 9.92. The number of rotatable bonds is 4. The van der Waals surface area contributed by atoms with Crippen LogP contribution in [0.4, 0.5) is 0 Å². The Morgan fingerprint density at radius 2 is 1.95 bits per heavy atom. The van der Waals surface area contributed by atoms with Crippen LogP contribution in [0.5, 0.6) is 0 Å². The molecule has 3 N–H and O–H groups in total. The Balaban J connectivity index is 2.01. The summed E-state index contributed by atoms with van der Waals surface area (Å²) in [5, 5.41) is 15.2. The summed E-state index contributed by atoms with van der Waals surface area (Å²) in [5.41, 5.74) is 0.638. The topological polar surface area (TPSA) is 78.4 Å². The van der Waals surface area contributed by atoms with Crippen molar-refractivity contribution in [3.63, 3.8) is 0 Å². The molecule has 114 valence electrons. The highest BCUT2D eigenvalue weighted by atomic mass is 16.4. The first-order valence-corrected chi connectivity index (χ1v) is 7.32. The van der Waals surface area contributed by atoms with Crippen molar-refractivity contribution in [1.82, 2.24) is 10.6 Å². The van der Waals surface area contributed by atoms with Gasteiger partial charge in [0.25, 0.3) is 0 Å². The maximum absolute atomic E-state index is 12.4. The van der Waals surface area contributed by atoms with Crippen molar-refractivity contribution in [2.24, 2.45) is 0 Å². The highest BCUT2D eigenvalue weighted by Gasteiger charge is 2.34. The first kappa shape index (κ1) is 15.5. The maximum atomic E-state index is 12.4. The quantitative estimate of drug-likeness (QED) is 0.793. The van der Waals surface area contributed by atoms with Crippen LogP contribution in [0.25, 0.3) is 0 Å². The molecule has 1 fully saturated rings. The van der Waals surface area contributed by atoms with Gasteiger partial charge in [0.05, 0.1) is 17.1 Å².